The van der Waals surface area contributed by atoms with Crippen LogP contribution in [0.3, 0.4) is 0 Å². The summed E-state index contributed by atoms with van der Waals surface area (Å²) >= 11 is 0. The zero-order chi connectivity index (χ0) is 71.1. The van der Waals surface area contributed by atoms with Crippen molar-refractivity contribution in [2.75, 3.05) is 47.5 Å². The number of carbonyl (C=O) groups is 2. The molecule has 0 spiro atoms. The lowest BCUT2D eigenvalue weighted by Gasteiger charge is -2.28. The van der Waals surface area contributed by atoms with Gasteiger partial charge in [0.25, 0.3) is 7.82 Å². The number of phosphoric ester groups is 1. The molecule has 0 aliphatic heterocycles. The molecular weight excluding hydrogens is 1230 g/mol. The maximum absolute atomic E-state index is 12.9. The second kappa shape index (κ2) is 78.6. The van der Waals surface area contributed by atoms with Crippen LogP contribution in [0.25, 0.3) is 0 Å². The van der Waals surface area contributed by atoms with Gasteiger partial charge >= 0.3 is 11.9 Å². The molecule has 0 N–H and O–H groups in total. The second-order valence-corrected chi connectivity index (χ2v) is 31.6. The maximum atomic E-state index is 12.9. The Balaban J connectivity index is 3.89. The normalized spacial score (nSPS) is 13.3. The molecule has 0 aliphatic rings. The number of carbonyl (C=O) groups excluding carboxylic acids is 2. The quantitative estimate of drug-likeness (QED) is 0.0195. The molecule has 98 heavy (non-hydrogen) atoms. The number of allylic oxidation sites excluding steroid dienone is 12. The largest absolute Gasteiger partial charge is 0.756 e. The van der Waals surface area contributed by atoms with Gasteiger partial charge in [0.2, 0.25) is 0 Å². The number of hydrogen-bond acceptors (Lipinski definition) is 8. The number of phosphoric acid groups is 1. The summed E-state index contributed by atoms with van der Waals surface area (Å²) in [5, 5.41) is 0. The van der Waals surface area contributed by atoms with Crippen LogP contribution in [0.2, 0.25) is 0 Å². The molecule has 0 rings (SSSR count). The minimum absolute atomic E-state index is 0.0292. The minimum atomic E-state index is -4.65. The van der Waals surface area contributed by atoms with Crippen molar-refractivity contribution >= 4 is 19.8 Å². The van der Waals surface area contributed by atoms with Gasteiger partial charge in [0.05, 0.1) is 27.7 Å². The molecule has 0 amide bonds. The Labute approximate surface area is 609 Å². The monoisotopic (exact) mass is 1390 g/mol. The third-order valence-corrected chi connectivity index (χ3v) is 20.2. The molecule has 0 fully saturated rings. The van der Waals surface area contributed by atoms with E-state index in [2.05, 4.69) is 86.8 Å². The lowest BCUT2D eigenvalue weighted by molar-refractivity contribution is -0.870. The molecule has 0 aromatic carbocycles. The Morgan fingerprint density at radius 1 is 0.327 bits per heavy atom. The van der Waals surface area contributed by atoms with Gasteiger partial charge in [0.1, 0.15) is 19.8 Å². The lowest BCUT2D eigenvalue weighted by Crippen LogP contribution is -2.37. The van der Waals surface area contributed by atoms with Crippen molar-refractivity contribution in [3.05, 3.63) is 72.9 Å². The van der Waals surface area contributed by atoms with E-state index in [0.29, 0.717) is 17.4 Å². The van der Waals surface area contributed by atoms with Gasteiger partial charge in [-0.25, -0.2) is 0 Å². The lowest BCUT2D eigenvalue weighted by atomic mass is 10.0. The van der Waals surface area contributed by atoms with Crippen LogP contribution in [0.1, 0.15) is 425 Å². The summed E-state index contributed by atoms with van der Waals surface area (Å²) in [6.07, 6.45) is 108. The molecule has 0 aromatic heterocycles. The zero-order valence-electron chi connectivity index (χ0n) is 65.7. The fourth-order valence-electron chi connectivity index (χ4n) is 12.8. The van der Waals surface area contributed by atoms with E-state index in [-0.39, 0.29) is 32.0 Å². The molecule has 0 heterocycles. The third-order valence-electron chi connectivity index (χ3n) is 19.2. The van der Waals surface area contributed by atoms with E-state index in [9.17, 15) is 19.0 Å². The van der Waals surface area contributed by atoms with Crippen LogP contribution in [0.4, 0.5) is 0 Å². The highest BCUT2D eigenvalue weighted by molar-refractivity contribution is 7.45. The van der Waals surface area contributed by atoms with Crippen LogP contribution in [0.15, 0.2) is 72.9 Å². The van der Waals surface area contributed by atoms with E-state index < -0.39 is 26.5 Å². The van der Waals surface area contributed by atoms with E-state index in [4.69, 9.17) is 18.5 Å². The molecule has 0 saturated heterocycles. The first kappa shape index (κ1) is 95.5. The summed E-state index contributed by atoms with van der Waals surface area (Å²) in [7, 11) is 1.19. The summed E-state index contributed by atoms with van der Waals surface area (Å²) in [5.74, 6) is -0.810. The zero-order valence-corrected chi connectivity index (χ0v) is 66.6. The van der Waals surface area contributed by atoms with E-state index in [1.807, 2.05) is 21.1 Å². The summed E-state index contributed by atoms with van der Waals surface area (Å²) in [5.41, 5.74) is 0. The molecule has 2 unspecified atom stereocenters. The average Bonchev–Trinajstić information content (AvgIpc) is 1.08. The molecule has 0 radical (unpaired) electrons. The van der Waals surface area contributed by atoms with Crippen molar-refractivity contribution in [3.8, 4) is 0 Å². The van der Waals surface area contributed by atoms with E-state index in [0.717, 1.165) is 77.0 Å². The smallest absolute Gasteiger partial charge is 0.306 e. The first-order chi connectivity index (χ1) is 48.0. The fourth-order valence-corrected chi connectivity index (χ4v) is 13.5. The number of hydrogen-bond donors (Lipinski definition) is 0. The van der Waals surface area contributed by atoms with E-state index in [1.54, 1.807) is 0 Å². The van der Waals surface area contributed by atoms with Gasteiger partial charge in [-0.15, -0.1) is 0 Å². The van der Waals surface area contributed by atoms with Crippen LogP contribution in [-0.4, -0.2) is 70.0 Å². The van der Waals surface area contributed by atoms with Crippen molar-refractivity contribution in [3.63, 3.8) is 0 Å². The van der Waals surface area contributed by atoms with Gasteiger partial charge in [-0.1, -0.05) is 421 Å². The fraction of sp³-hybridized carbons (Fsp3) is 0.841. The van der Waals surface area contributed by atoms with Gasteiger partial charge < -0.3 is 27.9 Å². The summed E-state index contributed by atoms with van der Waals surface area (Å²) in [4.78, 5) is 38.2. The molecule has 574 valence electrons. The highest BCUT2D eigenvalue weighted by Crippen LogP contribution is 2.38. The molecule has 0 saturated carbocycles. The molecule has 9 nitrogen and oxygen atoms in total. The van der Waals surface area contributed by atoms with Crippen molar-refractivity contribution in [2.24, 2.45) is 0 Å². The average molecular weight is 1400 g/mol. The maximum Gasteiger partial charge on any atom is 0.306 e. The van der Waals surface area contributed by atoms with Crippen molar-refractivity contribution in [1.82, 2.24) is 0 Å². The molecule has 10 heteroatoms. The van der Waals surface area contributed by atoms with Gasteiger partial charge in [-0.3, -0.25) is 14.2 Å². The van der Waals surface area contributed by atoms with Crippen LogP contribution < -0.4 is 4.89 Å². The summed E-state index contributed by atoms with van der Waals surface area (Å²) in [6.45, 7) is 4.20. The van der Waals surface area contributed by atoms with E-state index >= 15 is 0 Å². The van der Waals surface area contributed by atoms with Gasteiger partial charge in [-0.05, 0) is 64.2 Å². The number of rotatable bonds is 80. The Hall–Kier alpha value is -2.55. The Kier molecular flexibility index (Phi) is 76.5. The number of likely N-dealkylation sites (N-methyl/N-ethyl adjacent to an activating group) is 1. The van der Waals surface area contributed by atoms with Crippen LogP contribution in [0, 0.1) is 0 Å². The molecular formula is C88H164NO8P. The van der Waals surface area contributed by atoms with Crippen molar-refractivity contribution in [2.45, 2.75) is 431 Å². The summed E-state index contributed by atoms with van der Waals surface area (Å²) < 4.78 is 34.5. The SMILES string of the molecule is CC/C=C\C/C=C\C/C=C\C/C=C\C/C=C\C/C=C\CCCCCCCCCCCCCCCCCCCCC(=O)OC(COC(=O)CCCCCCCCCCCCCCCCCCCCCCCCCCCCCCCCCCCCCCC)COP(=O)([O-])OCC[N+](C)(C)C. The second-order valence-electron chi connectivity index (χ2n) is 30.2. The highest BCUT2D eigenvalue weighted by Gasteiger charge is 2.22. The predicted octanol–water partition coefficient (Wildman–Crippen LogP) is 28.0. The van der Waals surface area contributed by atoms with E-state index in [1.165, 1.54) is 315 Å². The number of unbranched alkanes of at least 4 members (excludes halogenated alkanes) is 54. The Morgan fingerprint density at radius 2 is 0.582 bits per heavy atom. The standard InChI is InChI=1S/C88H164NO8P/c1-6-8-10-12-14-16-18-20-22-24-26-28-30-32-34-36-38-40-42-44-46-48-50-52-54-56-58-60-62-64-66-68-70-72-74-76-78-80-87(90)94-84-86(85-96-98(92,93)95-83-82-89(3,4)5)97-88(91)81-79-77-75-73-71-69-67-65-63-61-59-57-55-53-51-49-47-45-43-41-39-37-35-33-31-29-27-25-23-21-19-17-15-13-11-9-7-2/h9,11,15,17,21,23,27,29,33,35,39,41,86H,6-8,10,12-14,16,18-20,22,24-26,28,30-32,34,36-38,40,42-85H2,1-5H3/b11-9-,17-15-,23-21-,29-27-,35-33-,41-39-. The van der Waals surface area contributed by atoms with Crippen molar-refractivity contribution < 1.29 is 42.1 Å². The first-order valence-corrected chi connectivity index (χ1v) is 44.1. The summed E-state index contributed by atoms with van der Waals surface area (Å²) in [6, 6.07) is 0. The highest BCUT2D eigenvalue weighted by atomic mass is 31.2. The predicted molar refractivity (Wildman–Crippen MR) is 425 cm³/mol. The molecule has 0 aliphatic carbocycles. The Bertz CT molecular complexity index is 1890. The van der Waals surface area contributed by atoms with Crippen LogP contribution in [0.5, 0.6) is 0 Å². The number of quaternary nitrogens is 1. The number of nitrogens with zero attached hydrogens (tertiary/aromatic N) is 1. The molecule has 0 bridgehead atoms. The Morgan fingerprint density at radius 3 is 0.867 bits per heavy atom. The van der Waals surface area contributed by atoms with Gasteiger partial charge in [0, 0.05) is 12.8 Å². The molecule has 0 aromatic rings. The van der Waals surface area contributed by atoms with Crippen molar-refractivity contribution in [1.29, 1.82) is 0 Å². The van der Waals surface area contributed by atoms with Crippen LogP contribution in [-0.2, 0) is 32.7 Å². The van der Waals surface area contributed by atoms with Gasteiger partial charge in [0.15, 0.2) is 6.10 Å². The molecule has 2 atom stereocenters. The minimum Gasteiger partial charge on any atom is -0.756 e. The van der Waals surface area contributed by atoms with Gasteiger partial charge in [-0.2, -0.15) is 0 Å². The van der Waals surface area contributed by atoms with Crippen LogP contribution >= 0.6 is 7.82 Å². The number of esters is 2. The topological polar surface area (TPSA) is 111 Å². The number of ether oxygens (including phenoxy) is 2. The first-order valence-electron chi connectivity index (χ1n) is 42.6. The third kappa shape index (κ3) is 82.4.